The van der Waals surface area contributed by atoms with E-state index < -0.39 is 27.7 Å². The molecule has 2 N–H and O–H groups in total. The molecule has 12 heteroatoms. The van der Waals surface area contributed by atoms with Crippen LogP contribution in [-0.4, -0.2) is 48.4 Å². The summed E-state index contributed by atoms with van der Waals surface area (Å²) in [6, 6.07) is 5.28. The van der Waals surface area contributed by atoms with E-state index in [1.165, 1.54) is 39.5 Å². The number of phenolic OH excluding ortho intramolecular Hbond substituents is 1. The molecule has 0 radical (unpaired) electrons. The molecule has 0 aliphatic carbocycles. The first-order chi connectivity index (χ1) is 15.3. The molecule has 0 spiro atoms. The van der Waals surface area contributed by atoms with Crippen molar-refractivity contribution in [1.82, 2.24) is 9.62 Å². The average Bonchev–Trinajstić information content (AvgIpc) is 3.02. The highest BCUT2D eigenvalue weighted by Crippen LogP contribution is 2.41. The van der Waals surface area contributed by atoms with Gasteiger partial charge in [0.1, 0.15) is 22.9 Å². The van der Waals surface area contributed by atoms with Crippen LogP contribution >= 0.6 is 23.2 Å². The van der Waals surface area contributed by atoms with Crippen molar-refractivity contribution in [1.29, 1.82) is 0 Å². The monoisotopic (exact) mass is 515 g/mol. The molecule has 0 bridgehead atoms. The smallest absolute Gasteiger partial charge is 0.329 e. The van der Waals surface area contributed by atoms with Gasteiger partial charge in [-0.3, -0.25) is 15.0 Å². The summed E-state index contributed by atoms with van der Waals surface area (Å²) in [4.78, 5) is 24.2. The Morgan fingerprint density at radius 1 is 1.06 bits per heavy atom. The second kappa shape index (κ2) is 9.38. The molecule has 178 valence electrons. The number of sulfonamides is 1. The number of nitrogens with one attached hydrogen (secondary N) is 1. The molecule has 2 aromatic rings. The lowest BCUT2D eigenvalue weighted by molar-refractivity contribution is -0.117. The molecule has 1 aliphatic heterocycles. The second-order valence-electron chi connectivity index (χ2n) is 7.93. The highest BCUT2D eigenvalue weighted by Gasteiger charge is 2.32. The lowest BCUT2D eigenvalue weighted by Gasteiger charge is -2.29. The molecular weight excluding hydrogens is 493 g/mol. The fourth-order valence-electron chi connectivity index (χ4n) is 3.60. The van der Waals surface area contributed by atoms with Crippen molar-refractivity contribution in [2.75, 3.05) is 11.4 Å². The van der Waals surface area contributed by atoms with E-state index in [9.17, 15) is 23.1 Å². The molecule has 1 saturated heterocycles. The predicted molar refractivity (Wildman–Crippen MR) is 125 cm³/mol. The van der Waals surface area contributed by atoms with Crippen LogP contribution in [0.1, 0.15) is 27.7 Å². The van der Waals surface area contributed by atoms with Crippen molar-refractivity contribution in [2.45, 2.75) is 44.7 Å². The van der Waals surface area contributed by atoms with Gasteiger partial charge in [-0.15, -0.1) is 0 Å². The highest BCUT2D eigenvalue weighted by molar-refractivity contribution is 7.89. The minimum atomic E-state index is -4.04. The molecular formula is C21H23Cl2N3O6S. The number of imide groups is 1. The number of benzene rings is 2. The standard InChI is InChI=1S/C21H23Cl2N3O6S/c1-11(2)26(12(3)4)33(30,31)18-9-14(5-6-17(18)27)32-20-15(22)7-13(8-16(20)23)25-10-19(28)24-21(25)29/h5-9,11-12,27H,10H2,1-4H3,(H,24,28,29). The van der Waals surface area contributed by atoms with Crippen LogP contribution in [0.5, 0.6) is 17.2 Å². The quantitative estimate of drug-likeness (QED) is 0.529. The van der Waals surface area contributed by atoms with Gasteiger partial charge in [0.25, 0.3) is 0 Å². The van der Waals surface area contributed by atoms with Crippen molar-refractivity contribution in [3.05, 3.63) is 40.4 Å². The van der Waals surface area contributed by atoms with Crippen LogP contribution in [0.15, 0.2) is 35.2 Å². The van der Waals surface area contributed by atoms with Crippen molar-refractivity contribution in [3.63, 3.8) is 0 Å². The molecule has 0 saturated carbocycles. The molecule has 1 fully saturated rings. The molecule has 0 atom stereocenters. The van der Waals surface area contributed by atoms with Gasteiger partial charge in [-0.25, -0.2) is 13.2 Å². The highest BCUT2D eigenvalue weighted by atomic mass is 35.5. The largest absolute Gasteiger partial charge is 0.507 e. The van der Waals surface area contributed by atoms with Crippen LogP contribution in [0.4, 0.5) is 10.5 Å². The number of amides is 3. The zero-order valence-electron chi connectivity index (χ0n) is 18.3. The van der Waals surface area contributed by atoms with Crippen LogP contribution < -0.4 is 15.0 Å². The number of aromatic hydroxyl groups is 1. The van der Waals surface area contributed by atoms with Gasteiger partial charge in [-0.05, 0) is 52.0 Å². The Kier molecular flexibility index (Phi) is 7.13. The number of carbonyl (C=O) groups excluding carboxylic acids is 2. The van der Waals surface area contributed by atoms with Crippen LogP contribution in [0.25, 0.3) is 0 Å². The fraction of sp³-hybridized carbons (Fsp3) is 0.333. The molecule has 3 rings (SSSR count). The Bertz CT molecular complexity index is 1190. The molecule has 3 amide bonds. The summed E-state index contributed by atoms with van der Waals surface area (Å²) in [5.41, 5.74) is 0.291. The summed E-state index contributed by atoms with van der Waals surface area (Å²) in [7, 11) is -4.04. The van der Waals surface area contributed by atoms with Crippen LogP contribution in [-0.2, 0) is 14.8 Å². The third-order valence-electron chi connectivity index (χ3n) is 4.81. The number of anilines is 1. The summed E-state index contributed by atoms with van der Waals surface area (Å²) in [6.45, 7) is 6.79. The third-order valence-corrected chi connectivity index (χ3v) is 7.66. The molecule has 9 nitrogen and oxygen atoms in total. The molecule has 1 heterocycles. The number of ether oxygens (including phenoxy) is 1. The predicted octanol–water partition coefficient (Wildman–Crippen LogP) is 4.36. The van der Waals surface area contributed by atoms with Crippen molar-refractivity contribution >= 4 is 50.9 Å². The first kappa shape index (κ1) is 25.1. The van der Waals surface area contributed by atoms with E-state index in [4.69, 9.17) is 27.9 Å². The average molecular weight is 516 g/mol. The number of rotatable bonds is 7. The second-order valence-corrected chi connectivity index (χ2v) is 10.6. The number of nitrogens with zero attached hydrogens (tertiary/aromatic N) is 2. The Morgan fingerprint density at radius 3 is 2.12 bits per heavy atom. The minimum absolute atomic E-state index is 0.0200. The normalized spacial score (nSPS) is 14.5. The van der Waals surface area contributed by atoms with E-state index in [0.29, 0.717) is 5.69 Å². The van der Waals surface area contributed by atoms with E-state index in [0.717, 1.165) is 0 Å². The van der Waals surface area contributed by atoms with E-state index in [1.807, 2.05) is 0 Å². The van der Waals surface area contributed by atoms with Crippen LogP contribution in [0.2, 0.25) is 10.0 Å². The first-order valence-corrected chi connectivity index (χ1v) is 12.2. The molecule has 0 unspecified atom stereocenters. The van der Waals surface area contributed by atoms with E-state index in [1.54, 1.807) is 27.7 Å². The molecule has 1 aliphatic rings. The van der Waals surface area contributed by atoms with Gasteiger partial charge in [0.15, 0.2) is 5.75 Å². The van der Waals surface area contributed by atoms with Crippen molar-refractivity contribution in [2.24, 2.45) is 0 Å². The Balaban J connectivity index is 1.97. The molecule has 0 aromatic heterocycles. The first-order valence-electron chi connectivity index (χ1n) is 9.97. The zero-order chi connectivity index (χ0) is 24.7. The van der Waals surface area contributed by atoms with Gasteiger partial charge in [0.05, 0.1) is 10.0 Å². The van der Waals surface area contributed by atoms with Crippen molar-refractivity contribution < 1.29 is 27.9 Å². The van der Waals surface area contributed by atoms with Crippen LogP contribution in [0, 0.1) is 0 Å². The fourth-order valence-corrected chi connectivity index (χ4v) is 6.08. The van der Waals surface area contributed by atoms with E-state index >= 15 is 0 Å². The van der Waals surface area contributed by atoms with Gasteiger partial charge in [0, 0.05) is 23.8 Å². The summed E-state index contributed by atoms with van der Waals surface area (Å²) < 4.78 is 33.5. The number of phenols is 1. The lowest BCUT2D eigenvalue weighted by Crippen LogP contribution is -2.41. The Hall–Kier alpha value is -2.53. The summed E-state index contributed by atoms with van der Waals surface area (Å²) >= 11 is 12.6. The Morgan fingerprint density at radius 2 is 1.64 bits per heavy atom. The number of hydrogen-bond donors (Lipinski definition) is 2. The van der Waals surface area contributed by atoms with Crippen LogP contribution in [0.3, 0.4) is 0 Å². The molecule has 2 aromatic carbocycles. The summed E-state index contributed by atoms with van der Waals surface area (Å²) in [5, 5.41) is 12.5. The SMILES string of the molecule is CC(C)N(C(C)C)S(=O)(=O)c1cc(Oc2c(Cl)cc(N3CC(=O)NC3=O)cc2Cl)ccc1O. The maximum Gasteiger partial charge on any atom is 0.329 e. The summed E-state index contributed by atoms with van der Waals surface area (Å²) in [5.74, 6) is -0.788. The van der Waals surface area contributed by atoms with E-state index in [2.05, 4.69) is 5.32 Å². The van der Waals surface area contributed by atoms with Gasteiger partial charge >= 0.3 is 6.03 Å². The number of halogens is 2. The number of carbonyl (C=O) groups is 2. The maximum absolute atomic E-state index is 13.2. The van der Waals surface area contributed by atoms with Gasteiger partial charge in [-0.1, -0.05) is 23.2 Å². The minimum Gasteiger partial charge on any atom is -0.507 e. The van der Waals surface area contributed by atoms with Gasteiger partial charge < -0.3 is 9.84 Å². The van der Waals surface area contributed by atoms with Crippen molar-refractivity contribution in [3.8, 4) is 17.2 Å². The third kappa shape index (κ3) is 5.03. The van der Waals surface area contributed by atoms with Gasteiger partial charge in [0.2, 0.25) is 15.9 Å². The number of hydrogen-bond acceptors (Lipinski definition) is 6. The lowest BCUT2D eigenvalue weighted by atomic mass is 10.2. The zero-order valence-corrected chi connectivity index (χ0v) is 20.6. The molecule has 33 heavy (non-hydrogen) atoms. The maximum atomic E-state index is 13.2. The van der Waals surface area contributed by atoms with E-state index in [-0.39, 0.29) is 45.1 Å². The van der Waals surface area contributed by atoms with Gasteiger partial charge in [-0.2, -0.15) is 4.31 Å². The number of urea groups is 1. The topological polar surface area (TPSA) is 116 Å². The Labute approximate surface area is 201 Å². The summed E-state index contributed by atoms with van der Waals surface area (Å²) in [6.07, 6.45) is 0.